The van der Waals surface area contributed by atoms with Crippen molar-refractivity contribution in [1.29, 1.82) is 0 Å². The number of rotatable bonds is 3. The van der Waals surface area contributed by atoms with E-state index >= 15 is 0 Å². The Bertz CT molecular complexity index is 245. The van der Waals surface area contributed by atoms with Gasteiger partial charge >= 0.3 is 0 Å². The molecule has 2 nitrogen and oxygen atoms in total. The first-order valence-corrected chi connectivity index (χ1v) is 5.72. The molecule has 0 aromatic carbocycles. The molecule has 0 spiro atoms. The Labute approximate surface area is 83.6 Å². The second-order valence-electron chi connectivity index (χ2n) is 3.76. The van der Waals surface area contributed by atoms with Crippen LogP contribution in [-0.2, 0) is 6.54 Å². The Morgan fingerprint density at radius 2 is 2.62 bits per heavy atom. The quantitative estimate of drug-likeness (QED) is 0.789. The predicted octanol–water partition coefficient (Wildman–Crippen LogP) is 1.54. The van der Waals surface area contributed by atoms with Gasteiger partial charge in [0.05, 0.1) is 0 Å². The highest BCUT2D eigenvalue weighted by atomic mass is 32.1. The van der Waals surface area contributed by atoms with E-state index in [-0.39, 0.29) is 0 Å². The first-order chi connectivity index (χ1) is 6.34. The highest BCUT2D eigenvalue weighted by molar-refractivity contribution is 7.07. The number of likely N-dealkylation sites (N-methyl/N-ethyl adjacent to an activating group) is 1. The van der Waals surface area contributed by atoms with Crippen LogP contribution in [0.1, 0.15) is 12.0 Å². The summed E-state index contributed by atoms with van der Waals surface area (Å²) in [5, 5.41) is 7.93. The first-order valence-electron chi connectivity index (χ1n) is 4.77. The number of nitrogens with one attached hydrogen (secondary N) is 1. The van der Waals surface area contributed by atoms with Gasteiger partial charge in [0.15, 0.2) is 0 Å². The average Bonchev–Trinajstić information content (AvgIpc) is 2.71. The van der Waals surface area contributed by atoms with Gasteiger partial charge in [-0.2, -0.15) is 11.3 Å². The maximum Gasteiger partial charge on any atom is 0.0216 e. The Balaban J connectivity index is 1.74. The lowest BCUT2D eigenvalue weighted by molar-refractivity contribution is 0.398. The van der Waals surface area contributed by atoms with Crippen LogP contribution in [0.2, 0.25) is 0 Å². The Morgan fingerprint density at radius 3 is 3.23 bits per heavy atom. The van der Waals surface area contributed by atoms with Crippen LogP contribution in [0, 0.1) is 0 Å². The molecule has 2 rings (SSSR count). The fourth-order valence-corrected chi connectivity index (χ4v) is 2.43. The summed E-state index contributed by atoms with van der Waals surface area (Å²) in [5.74, 6) is 0. The Kier molecular flexibility index (Phi) is 2.98. The molecule has 1 aromatic heterocycles. The second kappa shape index (κ2) is 4.22. The highest BCUT2D eigenvalue weighted by Gasteiger charge is 2.18. The van der Waals surface area contributed by atoms with E-state index < -0.39 is 0 Å². The summed E-state index contributed by atoms with van der Waals surface area (Å²) in [6.45, 7) is 3.47. The molecular weight excluding hydrogens is 180 g/mol. The van der Waals surface area contributed by atoms with Gasteiger partial charge in [-0.3, -0.25) is 0 Å². The molecule has 3 heteroatoms. The third-order valence-electron chi connectivity index (χ3n) is 2.57. The molecule has 1 aliphatic heterocycles. The van der Waals surface area contributed by atoms with Gasteiger partial charge in [0.1, 0.15) is 0 Å². The molecule has 0 bridgehead atoms. The Hall–Kier alpha value is -0.380. The summed E-state index contributed by atoms with van der Waals surface area (Å²) in [4.78, 5) is 2.38. The van der Waals surface area contributed by atoms with Crippen LogP contribution in [0.15, 0.2) is 16.8 Å². The van der Waals surface area contributed by atoms with Crippen molar-refractivity contribution in [3.05, 3.63) is 22.4 Å². The molecule has 0 aliphatic carbocycles. The van der Waals surface area contributed by atoms with Crippen LogP contribution in [0.4, 0.5) is 0 Å². The molecule has 0 amide bonds. The lowest BCUT2D eigenvalue weighted by Gasteiger charge is -2.11. The van der Waals surface area contributed by atoms with Gasteiger partial charge in [0, 0.05) is 19.1 Å². The van der Waals surface area contributed by atoms with E-state index in [9.17, 15) is 0 Å². The van der Waals surface area contributed by atoms with Gasteiger partial charge in [-0.1, -0.05) is 0 Å². The van der Waals surface area contributed by atoms with Gasteiger partial charge in [-0.15, -0.1) is 0 Å². The minimum atomic E-state index is 0.699. The summed E-state index contributed by atoms with van der Waals surface area (Å²) < 4.78 is 0. The minimum absolute atomic E-state index is 0.699. The number of hydrogen-bond donors (Lipinski definition) is 1. The van der Waals surface area contributed by atoms with Crippen LogP contribution in [0.3, 0.4) is 0 Å². The van der Waals surface area contributed by atoms with E-state index in [0.29, 0.717) is 6.04 Å². The SMILES string of the molecule is CN1CC[C@@H](NCc2ccsc2)C1. The van der Waals surface area contributed by atoms with Crippen molar-refractivity contribution in [3.63, 3.8) is 0 Å². The number of hydrogen-bond acceptors (Lipinski definition) is 3. The van der Waals surface area contributed by atoms with E-state index in [1.54, 1.807) is 11.3 Å². The molecule has 1 aliphatic rings. The maximum absolute atomic E-state index is 3.58. The van der Waals surface area contributed by atoms with Gasteiger partial charge in [0.25, 0.3) is 0 Å². The molecule has 0 radical (unpaired) electrons. The third kappa shape index (κ3) is 2.53. The van der Waals surface area contributed by atoms with Crippen molar-refractivity contribution in [1.82, 2.24) is 10.2 Å². The monoisotopic (exact) mass is 196 g/mol. The van der Waals surface area contributed by atoms with Crippen molar-refractivity contribution in [2.45, 2.75) is 19.0 Å². The summed E-state index contributed by atoms with van der Waals surface area (Å²) >= 11 is 1.77. The molecule has 2 heterocycles. The van der Waals surface area contributed by atoms with Gasteiger partial charge in [-0.25, -0.2) is 0 Å². The summed E-state index contributed by atoms with van der Waals surface area (Å²) in [7, 11) is 2.19. The summed E-state index contributed by atoms with van der Waals surface area (Å²) in [6, 6.07) is 2.89. The van der Waals surface area contributed by atoms with Crippen molar-refractivity contribution < 1.29 is 0 Å². The molecule has 1 fully saturated rings. The lowest BCUT2D eigenvalue weighted by atomic mass is 10.2. The molecule has 13 heavy (non-hydrogen) atoms. The summed E-state index contributed by atoms with van der Waals surface area (Å²) in [6.07, 6.45) is 1.29. The maximum atomic E-state index is 3.58. The fourth-order valence-electron chi connectivity index (χ4n) is 1.76. The van der Waals surface area contributed by atoms with Gasteiger partial charge in [-0.05, 0) is 42.4 Å². The zero-order valence-corrected chi connectivity index (χ0v) is 8.81. The van der Waals surface area contributed by atoms with Crippen LogP contribution < -0.4 is 5.32 Å². The number of likely N-dealkylation sites (tertiary alicyclic amines) is 1. The molecule has 0 saturated carbocycles. The third-order valence-corrected chi connectivity index (χ3v) is 3.30. The van der Waals surface area contributed by atoms with E-state index in [2.05, 4.69) is 34.1 Å². The van der Waals surface area contributed by atoms with Crippen molar-refractivity contribution in [2.75, 3.05) is 20.1 Å². The van der Waals surface area contributed by atoms with Crippen LogP contribution in [-0.4, -0.2) is 31.1 Å². The average molecular weight is 196 g/mol. The summed E-state index contributed by atoms with van der Waals surface area (Å²) in [5.41, 5.74) is 1.42. The van der Waals surface area contributed by atoms with Crippen LogP contribution >= 0.6 is 11.3 Å². The van der Waals surface area contributed by atoms with Crippen molar-refractivity contribution >= 4 is 11.3 Å². The van der Waals surface area contributed by atoms with Crippen LogP contribution in [0.25, 0.3) is 0 Å². The Morgan fingerprint density at radius 1 is 1.69 bits per heavy atom. The second-order valence-corrected chi connectivity index (χ2v) is 4.54. The zero-order chi connectivity index (χ0) is 9.10. The molecule has 0 unspecified atom stereocenters. The zero-order valence-electron chi connectivity index (χ0n) is 7.99. The highest BCUT2D eigenvalue weighted by Crippen LogP contribution is 2.09. The topological polar surface area (TPSA) is 15.3 Å². The van der Waals surface area contributed by atoms with E-state index in [1.165, 1.54) is 25.1 Å². The standard InChI is InChI=1S/C10H16N2S/c1-12-4-2-10(7-12)11-6-9-3-5-13-8-9/h3,5,8,10-11H,2,4,6-7H2,1H3/t10-/m1/s1. The van der Waals surface area contributed by atoms with Crippen LogP contribution in [0.5, 0.6) is 0 Å². The van der Waals surface area contributed by atoms with Crippen molar-refractivity contribution in [3.8, 4) is 0 Å². The predicted molar refractivity (Wildman–Crippen MR) is 57.1 cm³/mol. The van der Waals surface area contributed by atoms with Crippen molar-refractivity contribution in [2.24, 2.45) is 0 Å². The molecule has 1 N–H and O–H groups in total. The molecule has 1 saturated heterocycles. The van der Waals surface area contributed by atoms with E-state index in [4.69, 9.17) is 0 Å². The number of nitrogens with zero attached hydrogens (tertiary/aromatic N) is 1. The minimum Gasteiger partial charge on any atom is -0.309 e. The molecule has 72 valence electrons. The molecule has 1 atom stereocenters. The fraction of sp³-hybridized carbons (Fsp3) is 0.600. The smallest absolute Gasteiger partial charge is 0.0216 e. The molecule has 1 aromatic rings. The first kappa shape index (κ1) is 9.19. The van der Waals surface area contributed by atoms with Gasteiger partial charge < -0.3 is 10.2 Å². The van der Waals surface area contributed by atoms with Gasteiger partial charge in [0.2, 0.25) is 0 Å². The largest absolute Gasteiger partial charge is 0.309 e. The normalized spacial score (nSPS) is 23.9. The van der Waals surface area contributed by atoms with E-state index in [1.807, 2.05) is 0 Å². The number of thiophene rings is 1. The molecular formula is C10H16N2S. The lowest BCUT2D eigenvalue weighted by Crippen LogP contribution is -2.30. The van der Waals surface area contributed by atoms with E-state index in [0.717, 1.165) is 6.54 Å².